The summed E-state index contributed by atoms with van der Waals surface area (Å²) < 4.78 is 27.3. The van der Waals surface area contributed by atoms with Crippen molar-refractivity contribution in [2.45, 2.75) is 31.2 Å². The standard InChI is InChI=1S/C14H19N3O2S2/c1-10(2)13-9-20-14(16-13)17-21(18,19)12-6-4-5-11(7-12)8-15-3/h4-7,9-10,15H,8H2,1-3H3,(H,16,17). The molecule has 0 aliphatic heterocycles. The van der Waals surface area contributed by atoms with Gasteiger partial charge in [0, 0.05) is 11.9 Å². The smallest absolute Gasteiger partial charge is 0.263 e. The average molecular weight is 325 g/mol. The number of hydrogen-bond donors (Lipinski definition) is 2. The number of benzene rings is 1. The molecule has 0 aliphatic carbocycles. The topological polar surface area (TPSA) is 71.1 Å². The molecule has 0 saturated carbocycles. The molecule has 0 bridgehead atoms. The maximum absolute atomic E-state index is 12.4. The second-order valence-corrected chi connectivity index (χ2v) is 7.56. The van der Waals surface area contributed by atoms with Crippen LogP contribution in [-0.4, -0.2) is 20.4 Å². The third-order valence-electron chi connectivity index (χ3n) is 2.92. The Morgan fingerprint density at radius 1 is 1.33 bits per heavy atom. The van der Waals surface area contributed by atoms with Crippen LogP contribution in [0.15, 0.2) is 34.5 Å². The van der Waals surface area contributed by atoms with Gasteiger partial charge in [0.25, 0.3) is 10.0 Å². The van der Waals surface area contributed by atoms with Crippen molar-refractivity contribution in [2.75, 3.05) is 11.8 Å². The van der Waals surface area contributed by atoms with Crippen molar-refractivity contribution in [3.8, 4) is 0 Å². The molecule has 2 rings (SSSR count). The molecule has 0 unspecified atom stereocenters. The zero-order valence-electron chi connectivity index (χ0n) is 12.3. The van der Waals surface area contributed by atoms with Crippen molar-refractivity contribution in [1.82, 2.24) is 10.3 Å². The van der Waals surface area contributed by atoms with Crippen molar-refractivity contribution >= 4 is 26.5 Å². The molecule has 21 heavy (non-hydrogen) atoms. The van der Waals surface area contributed by atoms with E-state index in [1.54, 1.807) is 18.2 Å². The molecular formula is C14H19N3O2S2. The largest absolute Gasteiger partial charge is 0.316 e. The minimum Gasteiger partial charge on any atom is -0.316 e. The third kappa shape index (κ3) is 4.03. The van der Waals surface area contributed by atoms with Crippen molar-refractivity contribution in [1.29, 1.82) is 0 Å². The Morgan fingerprint density at radius 3 is 2.71 bits per heavy atom. The van der Waals surface area contributed by atoms with Gasteiger partial charge >= 0.3 is 0 Å². The van der Waals surface area contributed by atoms with Crippen molar-refractivity contribution in [3.63, 3.8) is 0 Å². The number of sulfonamides is 1. The molecule has 0 amide bonds. The monoisotopic (exact) mass is 325 g/mol. The first-order valence-electron chi connectivity index (χ1n) is 6.64. The molecule has 2 N–H and O–H groups in total. The Balaban J connectivity index is 2.23. The van der Waals surface area contributed by atoms with Gasteiger partial charge in [-0.15, -0.1) is 11.3 Å². The first-order valence-corrected chi connectivity index (χ1v) is 9.00. The lowest BCUT2D eigenvalue weighted by atomic mass is 10.2. The molecule has 0 aliphatic rings. The van der Waals surface area contributed by atoms with Crippen LogP contribution in [0.25, 0.3) is 0 Å². The van der Waals surface area contributed by atoms with Crippen molar-refractivity contribution in [3.05, 3.63) is 40.9 Å². The summed E-state index contributed by atoms with van der Waals surface area (Å²) in [4.78, 5) is 4.54. The molecule has 0 atom stereocenters. The van der Waals surface area contributed by atoms with E-state index in [9.17, 15) is 8.42 Å². The zero-order chi connectivity index (χ0) is 15.5. The molecule has 1 heterocycles. The summed E-state index contributed by atoms with van der Waals surface area (Å²) in [5, 5.41) is 5.28. The van der Waals surface area contributed by atoms with E-state index >= 15 is 0 Å². The van der Waals surface area contributed by atoms with Crippen molar-refractivity contribution in [2.24, 2.45) is 0 Å². The highest BCUT2D eigenvalue weighted by atomic mass is 32.2. The Bertz CT molecular complexity index is 709. The summed E-state index contributed by atoms with van der Waals surface area (Å²) in [6.45, 7) is 4.67. The fraction of sp³-hybridized carbons (Fsp3) is 0.357. The number of anilines is 1. The quantitative estimate of drug-likeness (QED) is 0.857. The second-order valence-electron chi connectivity index (χ2n) is 5.02. The van der Waals surface area contributed by atoms with Crippen LogP contribution in [0.1, 0.15) is 31.0 Å². The summed E-state index contributed by atoms with van der Waals surface area (Å²) in [6.07, 6.45) is 0. The number of nitrogens with one attached hydrogen (secondary N) is 2. The lowest BCUT2D eigenvalue weighted by Crippen LogP contribution is -2.14. The molecule has 0 spiro atoms. The van der Waals surface area contributed by atoms with Crippen LogP contribution in [0, 0.1) is 0 Å². The maximum Gasteiger partial charge on any atom is 0.263 e. The summed E-state index contributed by atoms with van der Waals surface area (Å²) in [7, 11) is -1.77. The van der Waals surface area contributed by atoms with Gasteiger partial charge in [-0.05, 0) is 30.7 Å². The van der Waals surface area contributed by atoms with Gasteiger partial charge in [-0.2, -0.15) is 0 Å². The Labute approximate surface area is 129 Å². The molecule has 114 valence electrons. The predicted molar refractivity (Wildman–Crippen MR) is 86.2 cm³/mol. The highest BCUT2D eigenvalue weighted by molar-refractivity contribution is 7.93. The molecule has 1 aromatic heterocycles. The maximum atomic E-state index is 12.4. The lowest BCUT2D eigenvalue weighted by Gasteiger charge is -2.07. The molecule has 0 radical (unpaired) electrons. The number of thiazole rings is 1. The van der Waals surface area contributed by atoms with Crippen LogP contribution in [0.5, 0.6) is 0 Å². The lowest BCUT2D eigenvalue weighted by molar-refractivity contribution is 0.601. The minimum absolute atomic E-state index is 0.247. The van der Waals surface area contributed by atoms with Gasteiger partial charge < -0.3 is 5.32 Å². The first kappa shape index (κ1) is 15.9. The zero-order valence-corrected chi connectivity index (χ0v) is 13.9. The molecule has 2 aromatic rings. The average Bonchev–Trinajstić information content (AvgIpc) is 2.87. The first-order chi connectivity index (χ1) is 9.92. The number of aromatic nitrogens is 1. The van der Waals surface area contributed by atoms with E-state index in [4.69, 9.17) is 0 Å². The van der Waals surface area contributed by atoms with Crippen LogP contribution >= 0.6 is 11.3 Å². The highest BCUT2D eigenvalue weighted by Gasteiger charge is 2.17. The van der Waals surface area contributed by atoms with Crippen molar-refractivity contribution < 1.29 is 8.42 Å². The minimum atomic E-state index is -3.60. The number of rotatable bonds is 6. The van der Waals surface area contributed by atoms with Crippen LogP contribution in [-0.2, 0) is 16.6 Å². The van der Waals surface area contributed by atoms with E-state index in [0.717, 1.165) is 11.3 Å². The predicted octanol–water partition coefficient (Wildman–Crippen LogP) is 2.79. The molecular weight excluding hydrogens is 306 g/mol. The molecule has 0 saturated heterocycles. The summed E-state index contributed by atoms with van der Waals surface area (Å²) >= 11 is 1.30. The second kappa shape index (κ2) is 6.55. The summed E-state index contributed by atoms with van der Waals surface area (Å²) in [5.41, 5.74) is 1.81. The Hall–Kier alpha value is -1.44. The van der Waals surface area contributed by atoms with Gasteiger partial charge in [-0.3, -0.25) is 4.72 Å². The van der Waals surface area contributed by atoms with Gasteiger partial charge in [-0.25, -0.2) is 13.4 Å². The van der Waals surface area contributed by atoms with Gasteiger partial charge in [-0.1, -0.05) is 26.0 Å². The highest BCUT2D eigenvalue weighted by Crippen LogP contribution is 2.24. The molecule has 7 heteroatoms. The Kier molecular flexibility index (Phi) is 4.97. The number of hydrogen-bond acceptors (Lipinski definition) is 5. The molecule has 1 aromatic carbocycles. The summed E-state index contributed by atoms with van der Waals surface area (Å²) in [6, 6.07) is 6.87. The fourth-order valence-electron chi connectivity index (χ4n) is 1.80. The van der Waals surface area contributed by atoms with E-state index in [2.05, 4.69) is 15.0 Å². The van der Waals surface area contributed by atoms with E-state index in [1.165, 1.54) is 11.3 Å². The normalized spacial score (nSPS) is 11.8. The summed E-state index contributed by atoms with van der Waals surface area (Å²) in [5.74, 6) is 0.276. The van der Waals surface area contributed by atoms with Gasteiger partial charge in [0.15, 0.2) is 5.13 Å². The van der Waals surface area contributed by atoms with E-state index in [0.29, 0.717) is 11.7 Å². The van der Waals surface area contributed by atoms with Crippen LogP contribution in [0.3, 0.4) is 0 Å². The fourth-order valence-corrected chi connectivity index (χ4v) is 3.99. The van der Waals surface area contributed by atoms with Gasteiger partial charge in [0.05, 0.1) is 10.6 Å². The van der Waals surface area contributed by atoms with Crippen LogP contribution in [0.2, 0.25) is 0 Å². The molecule has 5 nitrogen and oxygen atoms in total. The van der Waals surface area contributed by atoms with E-state index in [-0.39, 0.29) is 10.8 Å². The third-order valence-corrected chi connectivity index (χ3v) is 5.17. The SMILES string of the molecule is CNCc1cccc(S(=O)(=O)Nc2nc(C(C)C)cs2)c1. The Morgan fingerprint density at radius 2 is 2.10 bits per heavy atom. The van der Waals surface area contributed by atoms with Crippen LogP contribution < -0.4 is 10.0 Å². The van der Waals surface area contributed by atoms with E-state index in [1.807, 2.05) is 32.3 Å². The van der Waals surface area contributed by atoms with E-state index < -0.39 is 10.0 Å². The number of nitrogens with zero attached hydrogens (tertiary/aromatic N) is 1. The van der Waals surface area contributed by atoms with Gasteiger partial charge in [0.1, 0.15) is 0 Å². The van der Waals surface area contributed by atoms with Gasteiger partial charge in [0.2, 0.25) is 0 Å². The molecule has 0 fully saturated rings. The van der Waals surface area contributed by atoms with Crippen LogP contribution in [0.4, 0.5) is 5.13 Å².